The molecule has 0 saturated heterocycles. The van der Waals surface area contributed by atoms with Crippen LogP contribution in [0.3, 0.4) is 0 Å². The Labute approximate surface area is 168 Å². The summed E-state index contributed by atoms with van der Waals surface area (Å²) in [6, 6.07) is 16.8. The minimum absolute atomic E-state index is 0.237. The summed E-state index contributed by atoms with van der Waals surface area (Å²) in [5.74, 6) is 0.932. The van der Waals surface area contributed by atoms with Gasteiger partial charge in [0, 0.05) is 17.9 Å². The van der Waals surface area contributed by atoms with Gasteiger partial charge in [0.25, 0.3) is 5.91 Å². The molecule has 6 nitrogen and oxygen atoms in total. The van der Waals surface area contributed by atoms with Crippen LogP contribution in [-0.2, 0) is 6.42 Å². The van der Waals surface area contributed by atoms with Crippen LogP contribution in [0.5, 0.6) is 5.75 Å². The second-order valence-corrected chi connectivity index (χ2v) is 6.87. The number of amides is 1. The molecule has 2 aromatic carbocycles. The van der Waals surface area contributed by atoms with Crippen LogP contribution in [0.25, 0.3) is 0 Å². The van der Waals surface area contributed by atoms with Gasteiger partial charge in [-0.2, -0.15) is 0 Å². The number of para-hydroxylation sites is 1. The van der Waals surface area contributed by atoms with E-state index in [1.165, 1.54) is 12.7 Å². The van der Waals surface area contributed by atoms with E-state index in [4.69, 9.17) is 16.3 Å². The number of halogens is 1. The summed E-state index contributed by atoms with van der Waals surface area (Å²) in [7, 11) is 1.54. The summed E-state index contributed by atoms with van der Waals surface area (Å²) >= 11 is 6.10. The Morgan fingerprint density at radius 2 is 2.00 bits per heavy atom. The van der Waals surface area contributed by atoms with E-state index in [9.17, 15) is 4.79 Å². The summed E-state index contributed by atoms with van der Waals surface area (Å²) in [6.07, 6.45) is 2.12. The van der Waals surface area contributed by atoms with Crippen LogP contribution < -0.4 is 15.0 Å². The summed E-state index contributed by atoms with van der Waals surface area (Å²) < 4.78 is 5.11. The number of aromatic nitrogens is 2. The highest BCUT2D eigenvalue weighted by atomic mass is 35.5. The molecule has 142 valence electrons. The lowest BCUT2D eigenvalue weighted by Gasteiger charge is -2.29. The number of aryl methyl sites for hydroxylation is 1. The highest BCUT2D eigenvalue weighted by molar-refractivity contribution is 6.32. The highest BCUT2D eigenvalue weighted by Crippen LogP contribution is 2.32. The van der Waals surface area contributed by atoms with Crippen LogP contribution in [0.1, 0.15) is 22.5 Å². The average Bonchev–Trinajstić information content (AvgIpc) is 2.73. The molecule has 1 aliphatic rings. The Hall–Kier alpha value is -3.12. The smallest absolute Gasteiger partial charge is 0.276 e. The number of methoxy groups -OCH3 is 1. The van der Waals surface area contributed by atoms with Crippen molar-refractivity contribution in [3.05, 3.63) is 70.9 Å². The molecule has 0 atom stereocenters. The predicted octanol–water partition coefficient (Wildman–Crippen LogP) is 4.48. The van der Waals surface area contributed by atoms with Crippen LogP contribution in [-0.4, -0.2) is 29.8 Å². The number of anilines is 3. The van der Waals surface area contributed by atoms with E-state index in [1.54, 1.807) is 24.3 Å². The van der Waals surface area contributed by atoms with E-state index in [0.717, 1.165) is 30.9 Å². The second kappa shape index (κ2) is 7.86. The zero-order valence-corrected chi connectivity index (χ0v) is 16.1. The quantitative estimate of drug-likeness (QED) is 0.706. The van der Waals surface area contributed by atoms with Gasteiger partial charge in [-0.25, -0.2) is 0 Å². The first-order chi connectivity index (χ1) is 13.7. The molecule has 1 N–H and O–H groups in total. The Kier molecular flexibility index (Phi) is 5.12. The molecule has 0 bridgehead atoms. The molecule has 1 aliphatic heterocycles. The fourth-order valence-electron chi connectivity index (χ4n) is 3.30. The van der Waals surface area contributed by atoms with Gasteiger partial charge in [0.2, 0.25) is 0 Å². The molecule has 1 amide bonds. The van der Waals surface area contributed by atoms with Gasteiger partial charge in [0.05, 0.1) is 12.1 Å². The first kappa shape index (κ1) is 18.3. The van der Waals surface area contributed by atoms with Crippen molar-refractivity contribution in [3.63, 3.8) is 0 Å². The third-order valence-corrected chi connectivity index (χ3v) is 4.97. The fraction of sp³-hybridized carbons (Fsp3) is 0.190. The number of carbonyl (C=O) groups excluding carboxylic acids is 1. The molecule has 0 unspecified atom stereocenters. The van der Waals surface area contributed by atoms with Crippen molar-refractivity contribution < 1.29 is 9.53 Å². The number of benzene rings is 2. The molecule has 1 aromatic heterocycles. The van der Waals surface area contributed by atoms with Gasteiger partial charge in [0.15, 0.2) is 11.5 Å². The van der Waals surface area contributed by atoms with Gasteiger partial charge in [-0.3, -0.25) is 4.79 Å². The molecule has 0 spiro atoms. The number of hydrogen-bond acceptors (Lipinski definition) is 5. The van der Waals surface area contributed by atoms with Gasteiger partial charge in [-0.1, -0.05) is 29.8 Å². The van der Waals surface area contributed by atoms with Crippen molar-refractivity contribution >= 4 is 34.7 Å². The number of nitrogens with zero attached hydrogens (tertiary/aromatic N) is 3. The van der Waals surface area contributed by atoms with Crippen LogP contribution in [0.2, 0.25) is 5.02 Å². The average molecular weight is 395 g/mol. The third kappa shape index (κ3) is 3.64. The highest BCUT2D eigenvalue weighted by Gasteiger charge is 2.19. The standard InChI is InChI=1S/C21H19ClN4O2/c1-28-19-10-8-15(13-16(19)22)23-21(27)17-9-11-20(25-24-17)26-12-4-6-14-5-2-3-7-18(14)26/h2-3,5,7-11,13H,4,6,12H2,1H3,(H,23,27). The molecule has 0 saturated carbocycles. The SMILES string of the molecule is COc1ccc(NC(=O)c2ccc(N3CCCc4ccccc43)nn2)cc1Cl. The monoisotopic (exact) mass is 394 g/mol. The minimum Gasteiger partial charge on any atom is -0.495 e. The van der Waals surface area contributed by atoms with Crippen LogP contribution in [0, 0.1) is 0 Å². The summed E-state index contributed by atoms with van der Waals surface area (Å²) in [5, 5.41) is 11.6. The predicted molar refractivity (Wildman–Crippen MR) is 110 cm³/mol. The maximum atomic E-state index is 12.5. The van der Waals surface area contributed by atoms with E-state index in [1.807, 2.05) is 18.2 Å². The van der Waals surface area contributed by atoms with Crippen molar-refractivity contribution in [1.29, 1.82) is 0 Å². The van der Waals surface area contributed by atoms with Crippen molar-refractivity contribution in [2.75, 3.05) is 23.9 Å². The van der Waals surface area contributed by atoms with Crippen molar-refractivity contribution in [1.82, 2.24) is 10.2 Å². The molecule has 2 heterocycles. The minimum atomic E-state index is -0.348. The van der Waals surface area contributed by atoms with Crippen LogP contribution in [0.15, 0.2) is 54.6 Å². The van der Waals surface area contributed by atoms with E-state index in [-0.39, 0.29) is 11.6 Å². The Morgan fingerprint density at radius 3 is 2.75 bits per heavy atom. The number of carbonyl (C=O) groups is 1. The normalized spacial score (nSPS) is 13.0. The lowest BCUT2D eigenvalue weighted by atomic mass is 10.0. The number of hydrogen-bond donors (Lipinski definition) is 1. The first-order valence-electron chi connectivity index (χ1n) is 9.00. The van der Waals surface area contributed by atoms with E-state index in [2.05, 4.69) is 32.5 Å². The zero-order chi connectivity index (χ0) is 19.5. The van der Waals surface area contributed by atoms with Gasteiger partial charge >= 0.3 is 0 Å². The van der Waals surface area contributed by atoms with Crippen molar-refractivity contribution in [2.45, 2.75) is 12.8 Å². The van der Waals surface area contributed by atoms with Gasteiger partial charge in [0.1, 0.15) is 5.75 Å². The van der Waals surface area contributed by atoms with E-state index in [0.29, 0.717) is 16.5 Å². The third-order valence-electron chi connectivity index (χ3n) is 4.68. The Bertz CT molecular complexity index is 1010. The lowest BCUT2D eigenvalue weighted by molar-refractivity contribution is 0.102. The van der Waals surface area contributed by atoms with Crippen LogP contribution >= 0.6 is 11.6 Å². The molecule has 0 radical (unpaired) electrons. The first-order valence-corrected chi connectivity index (χ1v) is 9.37. The maximum absolute atomic E-state index is 12.5. The lowest BCUT2D eigenvalue weighted by Crippen LogP contribution is -2.26. The molecule has 7 heteroatoms. The van der Waals surface area contributed by atoms with Crippen molar-refractivity contribution in [2.24, 2.45) is 0 Å². The molecule has 0 aliphatic carbocycles. The topological polar surface area (TPSA) is 67.3 Å². The number of rotatable bonds is 4. The van der Waals surface area contributed by atoms with E-state index < -0.39 is 0 Å². The molecular weight excluding hydrogens is 376 g/mol. The van der Waals surface area contributed by atoms with Crippen LogP contribution in [0.4, 0.5) is 17.2 Å². The number of ether oxygens (including phenoxy) is 1. The largest absolute Gasteiger partial charge is 0.495 e. The number of fused-ring (bicyclic) bond motifs is 1. The molecule has 0 fully saturated rings. The Morgan fingerprint density at radius 1 is 1.14 bits per heavy atom. The van der Waals surface area contributed by atoms with Gasteiger partial charge in [-0.05, 0) is 54.8 Å². The summed E-state index contributed by atoms with van der Waals surface area (Å²) in [4.78, 5) is 14.6. The summed E-state index contributed by atoms with van der Waals surface area (Å²) in [6.45, 7) is 0.877. The zero-order valence-electron chi connectivity index (χ0n) is 15.4. The maximum Gasteiger partial charge on any atom is 0.276 e. The van der Waals surface area contributed by atoms with Gasteiger partial charge < -0.3 is 15.0 Å². The molecule has 28 heavy (non-hydrogen) atoms. The summed E-state index contributed by atoms with van der Waals surface area (Å²) in [5.41, 5.74) is 3.24. The Balaban J connectivity index is 1.51. The molecule has 4 rings (SSSR count). The van der Waals surface area contributed by atoms with Crippen molar-refractivity contribution in [3.8, 4) is 5.75 Å². The molecule has 3 aromatic rings. The fourth-order valence-corrected chi connectivity index (χ4v) is 3.56. The van der Waals surface area contributed by atoms with E-state index >= 15 is 0 Å². The van der Waals surface area contributed by atoms with Gasteiger partial charge in [-0.15, -0.1) is 10.2 Å². The second-order valence-electron chi connectivity index (χ2n) is 6.46. The number of nitrogens with one attached hydrogen (secondary N) is 1. The molecular formula is C21H19ClN4O2.